The van der Waals surface area contributed by atoms with E-state index in [0.717, 1.165) is 0 Å². The molecule has 0 radical (unpaired) electrons. The molecule has 0 heterocycles. The van der Waals surface area contributed by atoms with Crippen LogP contribution in [0, 0.1) is 0 Å². The van der Waals surface area contributed by atoms with Crippen LogP contribution in [0.2, 0.25) is 0 Å². The van der Waals surface area contributed by atoms with E-state index in [-0.39, 0.29) is 16.7 Å². The fourth-order valence-electron chi connectivity index (χ4n) is 0.969. The molecule has 0 aliphatic carbocycles. The van der Waals surface area contributed by atoms with E-state index in [2.05, 4.69) is 12.6 Å². The second-order valence-corrected chi connectivity index (χ2v) is 3.16. The molecule has 0 amide bonds. The molecular weight excluding hydrogens is 160 g/mol. The number of hydrogen-bond donors (Lipinski definition) is 3. The van der Waals surface area contributed by atoms with E-state index in [0.29, 0.717) is 5.56 Å². The van der Waals surface area contributed by atoms with Gasteiger partial charge < -0.3 is 10.2 Å². The number of aromatic hydroxyl groups is 2. The fraction of sp³-hybridized carbons (Fsp3) is 0.250. The molecule has 0 bridgehead atoms. The van der Waals surface area contributed by atoms with Gasteiger partial charge in [0.25, 0.3) is 0 Å². The molecule has 1 aromatic carbocycles. The van der Waals surface area contributed by atoms with Crippen LogP contribution in [0.15, 0.2) is 18.2 Å². The molecule has 1 atom stereocenters. The maximum absolute atomic E-state index is 9.25. The van der Waals surface area contributed by atoms with Crippen molar-refractivity contribution in [1.82, 2.24) is 0 Å². The lowest BCUT2D eigenvalue weighted by molar-refractivity contribution is 0.439. The summed E-state index contributed by atoms with van der Waals surface area (Å²) in [5.74, 6) is 0.181. The number of rotatable bonds is 1. The molecule has 60 valence electrons. The standard InChI is InChI=1S/C8H10O2S/c1-5(11)8-6(9)3-2-4-7(8)10/h2-5,9-11H,1H3. The van der Waals surface area contributed by atoms with E-state index >= 15 is 0 Å². The smallest absolute Gasteiger partial charge is 0.123 e. The van der Waals surface area contributed by atoms with Crippen LogP contribution in [-0.4, -0.2) is 10.2 Å². The Morgan fingerprint density at radius 3 is 2.00 bits per heavy atom. The van der Waals surface area contributed by atoms with Crippen LogP contribution in [0.25, 0.3) is 0 Å². The maximum Gasteiger partial charge on any atom is 0.123 e. The topological polar surface area (TPSA) is 40.5 Å². The predicted molar refractivity (Wildman–Crippen MR) is 47.2 cm³/mol. The molecule has 1 aromatic rings. The summed E-state index contributed by atoms with van der Waals surface area (Å²) in [6, 6.07) is 4.65. The largest absolute Gasteiger partial charge is 0.507 e. The van der Waals surface area contributed by atoms with Crippen molar-refractivity contribution in [2.75, 3.05) is 0 Å². The maximum atomic E-state index is 9.25. The Labute approximate surface area is 70.9 Å². The minimum absolute atomic E-state index is 0.0903. The monoisotopic (exact) mass is 170 g/mol. The highest BCUT2D eigenvalue weighted by Gasteiger charge is 2.10. The summed E-state index contributed by atoms with van der Waals surface area (Å²) in [6.45, 7) is 1.79. The summed E-state index contributed by atoms with van der Waals surface area (Å²) in [6.07, 6.45) is 0. The minimum atomic E-state index is -0.156. The molecule has 0 spiro atoms. The van der Waals surface area contributed by atoms with Crippen molar-refractivity contribution in [2.45, 2.75) is 12.2 Å². The Balaban J connectivity index is 3.21. The van der Waals surface area contributed by atoms with Crippen LogP contribution in [0.4, 0.5) is 0 Å². The van der Waals surface area contributed by atoms with Crippen molar-refractivity contribution in [3.8, 4) is 11.5 Å². The first-order chi connectivity index (χ1) is 5.13. The molecule has 11 heavy (non-hydrogen) atoms. The van der Waals surface area contributed by atoms with Gasteiger partial charge in [-0.25, -0.2) is 0 Å². The van der Waals surface area contributed by atoms with Gasteiger partial charge in [-0.05, 0) is 19.1 Å². The van der Waals surface area contributed by atoms with E-state index in [9.17, 15) is 10.2 Å². The van der Waals surface area contributed by atoms with Crippen molar-refractivity contribution in [3.63, 3.8) is 0 Å². The highest BCUT2D eigenvalue weighted by atomic mass is 32.1. The van der Waals surface area contributed by atoms with Gasteiger partial charge in [0.05, 0.1) is 0 Å². The fourth-order valence-corrected chi connectivity index (χ4v) is 1.23. The van der Waals surface area contributed by atoms with Gasteiger partial charge in [-0.1, -0.05) is 6.07 Å². The summed E-state index contributed by atoms with van der Waals surface area (Å²) in [7, 11) is 0. The van der Waals surface area contributed by atoms with E-state index in [1.54, 1.807) is 13.0 Å². The van der Waals surface area contributed by atoms with Gasteiger partial charge in [0.15, 0.2) is 0 Å². The van der Waals surface area contributed by atoms with Gasteiger partial charge in [-0.3, -0.25) is 0 Å². The quantitative estimate of drug-likeness (QED) is 0.565. The SMILES string of the molecule is CC(S)c1c(O)cccc1O. The van der Waals surface area contributed by atoms with Crippen molar-refractivity contribution in [2.24, 2.45) is 0 Å². The second-order valence-electron chi connectivity index (χ2n) is 2.39. The Kier molecular flexibility index (Phi) is 2.29. The molecule has 3 heteroatoms. The number of phenolic OH excluding ortho intramolecular Hbond substituents is 2. The normalized spacial score (nSPS) is 12.9. The predicted octanol–water partition coefficient (Wildman–Crippen LogP) is 2.09. The average Bonchev–Trinajstić information content (AvgIpc) is 1.85. The summed E-state index contributed by atoms with van der Waals surface area (Å²) >= 11 is 4.11. The molecule has 1 unspecified atom stereocenters. The van der Waals surface area contributed by atoms with Crippen LogP contribution >= 0.6 is 12.6 Å². The van der Waals surface area contributed by atoms with E-state index < -0.39 is 0 Å². The van der Waals surface area contributed by atoms with Crippen molar-refractivity contribution < 1.29 is 10.2 Å². The molecule has 0 saturated carbocycles. The van der Waals surface area contributed by atoms with Crippen molar-refractivity contribution in [1.29, 1.82) is 0 Å². The summed E-state index contributed by atoms with van der Waals surface area (Å²) < 4.78 is 0. The molecule has 0 aromatic heterocycles. The Bertz CT molecular complexity index is 238. The molecule has 0 aliphatic rings. The van der Waals surface area contributed by atoms with Crippen LogP contribution < -0.4 is 0 Å². The zero-order chi connectivity index (χ0) is 8.43. The molecule has 1 rings (SSSR count). The van der Waals surface area contributed by atoms with Gasteiger partial charge in [-0.2, -0.15) is 12.6 Å². The minimum Gasteiger partial charge on any atom is -0.507 e. The first kappa shape index (κ1) is 8.27. The lowest BCUT2D eigenvalue weighted by Gasteiger charge is -2.08. The Morgan fingerprint density at radius 1 is 1.27 bits per heavy atom. The molecular formula is C8H10O2S. The van der Waals surface area contributed by atoms with E-state index in [4.69, 9.17) is 0 Å². The zero-order valence-corrected chi connectivity index (χ0v) is 7.05. The molecule has 2 nitrogen and oxygen atoms in total. The van der Waals surface area contributed by atoms with Gasteiger partial charge >= 0.3 is 0 Å². The van der Waals surface area contributed by atoms with E-state index in [1.165, 1.54) is 12.1 Å². The molecule has 0 aliphatic heterocycles. The molecule has 2 N–H and O–H groups in total. The zero-order valence-electron chi connectivity index (χ0n) is 6.15. The Hall–Kier alpha value is -0.830. The van der Waals surface area contributed by atoms with E-state index in [1.807, 2.05) is 0 Å². The molecule has 0 fully saturated rings. The highest BCUT2D eigenvalue weighted by Crippen LogP contribution is 2.34. The van der Waals surface area contributed by atoms with Gasteiger partial charge in [0, 0.05) is 10.8 Å². The third-order valence-electron chi connectivity index (χ3n) is 1.48. The number of benzene rings is 1. The number of phenols is 2. The average molecular weight is 170 g/mol. The number of thiol groups is 1. The van der Waals surface area contributed by atoms with Crippen LogP contribution in [0.5, 0.6) is 11.5 Å². The summed E-state index contributed by atoms with van der Waals surface area (Å²) in [5.41, 5.74) is 0.482. The first-order valence-corrected chi connectivity index (χ1v) is 3.83. The summed E-state index contributed by atoms with van der Waals surface area (Å²) in [5, 5.41) is 18.3. The van der Waals surface area contributed by atoms with Gasteiger partial charge in [0.1, 0.15) is 11.5 Å². The lowest BCUT2D eigenvalue weighted by Crippen LogP contribution is -1.85. The van der Waals surface area contributed by atoms with Crippen LogP contribution in [0.3, 0.4) is 0 Å². The van der Waals surface area contributed by atoms with Crippen molar-refractivity contribution in [3.05, 3.63) is 23.8 Å². The van der Waals surface area contributed by atoms with Gasteiger partial charge in [0.2, 0.25) is 0 Å². The van der Waals surface area contributed by atoms with Crippen LogP contribution in [0.1, 0.15) is 17.7 Å². The first-order valence-electron chi connectivity index (χ1n) is 3.32. The van der Waals surface area contributed by atoms with Gasteiger partial charge in [-0.15, -0.1) is 0 Å². The third-order valence-corrected chi connectivity index (χ3v) is 1.74. The lowest BCUT2D eigenvalue weighted by atomic mass is 10.1. The summed E-state index contributed by atoms with van der Waals surface area (Å²) in [4.78, 5) is 0. The Morgan fingerprint density at radius 2 is 1.73 bits per heavy atom. The number of hydrogen-bond acceptors (Lipinski definition) is 3. The van der Waals surface area contributed by atoms with Crippen LogP contribution in [-0.2, 0) is 0 Å². The van der Waals surface area contributed by atoms with Crippen molar-refractivity contribution >= 4 is 12.6 Å². The second kappa shape index (κ2) is 3.05. The highest BCUT2D eigenvalue weighted by molar-refractivity contribution is 7.80. The molecule has 0 saturated heterocycles. The third kappa shape index (κ3) is 1.60.